The van der Waals surface area contributed by atoms with Crippen molar-refractivity contribution < 1.29 is 9.90 Å². The first-order chi connectivity index (χ1) is 9.65. The van der Waals surface area contributed by atoms with E-state index in [1.807, 2.05) is 41.1 Å². The number of thiophene rings is 1. The summed E-state index contributed by atoms with van der Waals surface area (Å²) in [4.78, 5) is 11.4. The van der Waals surface area contributed by atoms with Crippen molar-refractivity contribution in [3.63, 3.8) is 0 Å². The summed E-state index contributed by atoms with van der Waals surface area (Å²) in [5, 5.41) is 17.5. The Balaban J connectivity index is 2.15. The van der Waals surface area contributed by atoms with Gasteiger partial charge in [-0.2, -0.15) is 16.4 Å². The number of aromatic carboxylic acids is 1. The molecule has 0 unspecified atom stereocenters. The van der Waals surface area contributed by atoms with Crippen LogP contribution >= 0.6 is 27.3 Å². The SMILES string of the molecule is O=C(O)c1cn(-c2cccc(Br)c2)nc1-c1ccsc1. The third kappa shape index (κ3) is 2.39. The lowest BCUT2D eigenvalue weighted by Crippen LogP contribution is -1.96. The highest BCUT2D eigenvalue weighted by atomic mass is 79.9. The molecular weight excluding hydrogens is 340 g/mol. The van der Waals surface area contributed by atoms with Crippen molar-refractivity contribution >= 4 is 33.2 Å². The van der Waals surface area contributed by atoms with Gasteiger partial charge in [0.05, 0.1) is 5.69 Å². The maximum Gasteiger partial charge on any atom is 0.339 e. The van der Waals surface area contributed by atoms with Gasteiger partial charge < -0.3 is 5.11 Å². The van der Waals surface area contributed by atoms with Gasteiger partial charge in [0.2, 0.25) is 0 Å². The van der Waals surface area contributed by atoms with Crippen molar-refractivity contribution in [1.82, 2.24) is 9.78 Å². The standard InChI is InChI=1S/C14H9BrN2O2S/c15-10-2-1-3-11(6-10)17-7-12(14(18)19)13(16-17)9-4-5-20-8-9/h1-8H,(H,18,19). The number of hydrogen-bond acceptors (Lipinski definition) is 3. The molecule has 0 saturated carbocycles. The van der Waals surface area contributed by atoms with Gasteiger partial charge >= 0.3 is 5.97 Å². The summed E-state index contributed by atoms with van der Waals surface area (Å²) >= 11 is 4.91. The van der Waals surface area contributed by atoms with Crippen LogP contribution < -0.4 is 0 Å². The maximum atomic E-state index is 11.4. The summed E-state index contributed by atoms with van der Waals surface area (Å²) in [6, 6.07) is 9.41. The van der Waals surface area contributed by atoms with Gasteiger partial charge in [0.25, 0.3) is 0 Å². The van der Waals surface area contributed by atoms with E-state index in [1.54, 1.807) is 4.68 Å². The van der Waals surface area contributed by atoms with Gasteiger partial charge in [-0.15, -0.1) is 0 Å². The van der Waals surface area contributed by atoms with E-state index in [0.717, 1.165) is 15.7 Å². The van der Waals surface area contributed by atoms with E-state index in [4.69, 9.17) is 0 Å². The largest absolute Gasteiger partial charge is 0.478 e. The second kappa shape index (κ2) is 5.22. The Hall–Kier alpha value is -1.92. The van der Waals surface area contributed by atoms with E-state index in [2.05, 4.69) is 21.0 Å². The first kappa shape index (κ1) is 13.1. The van der Waals surface area contributed by atoms with Crippen molar-refractivity contribution in [3.05, 3.63) is 57.3 Å². The van der Waals surface area contributed by atoms with Gasteiger partial charge in [-0.3, -0.25) is 0 Å². The van der Waals surface area contributed by atoms with Gasteiger partial charge in [0, 0.05) is 21.6 Å². The zero-order chi connectivity index (χ0) is 14.1. The lowest BCUT2D eigenvalue weighted by Gasteiger charge is -2.00. The number of carboxylic acids is 1. The zero-order valence-corrected chi connectivity index (χ0v) is 12.6. The molecule has 0 atom stereocenters. The first-order valence-corrected chi connectivity index (χ1v) is 7.50. The summed E-state index contributed by atoms with van der Waals surface area (Å²) < 4.78 is 2.50. The van der Waals surface area contributed by atoms with E-state index in [-0.39, 0.29) is 5.56 Å². The molecule has 2 aromatic heterocycles. The molecule has 1 aromatic carbocycles. The van der Waals surface area contributed by atoms with Crippen molar-refractivity contribution in [3.8, 4) is 16.9 Å². The summed E-state index contributed by atoms with van der Waals surface area (Å²) in [5.74, 6) is -0.979. The number of hydrogen-bond donors (Lipinski definition) is 1. The molecule has 100 valence electrons. The molecule has 0 radical (unpaired) electrons. The number of nitrogens with zero attached hydrogens (tertiary/aromatic N) is 2. The molecule has 0 aliphatic rings. The van der Waals surface area contributed by atoms with Crippen molar-refractivity contribution in [2.45, 2.75) is 0 Å². The van der Waals surface area contributed by atoms with E-state index >= 15 is 0 Å². The summed E-state index contributed by atoms with van der Waals surface area (Å²) in [5.41, 5.74) is 2.31. The van der Waals surface area contributed by atoms with E-state index < -0.39 is 5.97 Å². The Labute approximate surface area is 127 Å². The summed E-state index contributed by atoms with van der Waals surface area (Å²) in [6.07, 6.45) is 1.54. The molecule has 0 fully saturated rings. The number of aromatic nitrogens is 2. The predicted molar refractivity (Wildman–Crippen MR) is 81.5 cm³/mol. The summed E-state index contributed by atoms with van der Waals surface area (Å²) in [7, 11) is 0. The molecule has 20 heavy (non-hydrogen) atoms. The number of carbonyl (C=O) groups is 1. The highest BCUT2D eigenvalue weighted by Crippen LogP contribution is 2.26. The third-order valence-corrected chi connectivity index (χ3v) is 3.99. The molecule has 1 N–H and O–H groups in total. The minimum atomic E-state index is -0.979. The van der Waals surface area contributed by atoms with Crippen molar-refractivity contribution in [1.29, 1.82) is 0 Å². The molecule has 2 heterocycles. The molecule has 0 aliphatic heterocycles. The van der Waals surface area contributed by atoms with Crippen LogP contribution in [0.5, 0.6) is 0 Å². The second-order valence-corrected chi connectivity index (χ2v) is 5.83. The lowest BCUT2D eigenvalue weighted by molar-refractivity contribution is 0.0697. The van der Waals surface area contributed by atoms with Crippen LogP contribution in [0.3, 0.4) is 0 Å². The van der Waals surface area contributed by atoms with Gasteiger partial charge in [0.1, 0.15) is 11.3 Å². The van der Waals surface area contributed by atoms with Crippen LogP contribution in [0.15, 0.2) is 51.8 Å². The second-order valence-electron chi connectivity index (χ2n) is 4.13. The lowest BCUT2D eigenvalue weighted by atomic mass is 10.1. The van der Waals surface area contributed by atoms with Crippen molar-refractivity contribution in [2.24, 2.45) is 0 Å². The Morgan fingerprint density at radius 3 is 2.85 bits per heavy atom. The quantitative estimate of drug-likeness (QED) is 0.776. The topological polar surface area (TPSA) is 55.1 Å². The third-order valence-electron chi connectivity index (χ3n) is 2.81. The smallest absolute Gasteiger partial charge is 0.339 e. The fourth-order valence-corrected chi connectivity index (χ4v) is 2.92. The summed E-state index contributed by atoms with van der Waals surface area (Å²) in [6.45, 7) is 0. The van der Waals surface area contributed by atoms with Crippen LogP contribution in [0.4, 0.5) is 0 Å². The van der Waals surface area contributed by atoms with Gasteiger partial charge in [0.15, 0.2) is 0 Å². The molecule has 6 heteroatoms. The number of halogens is 1. The number of carboxylic acid groups (broad SMARTS) is 1. The van der Waals surface area contributed by atoms with Crippen LogP contribution in [0.2, 0.25) is 0 Å². The molecule has 3 aromatic rings. The van der Waals surface area contributed by atoms with Crippen LogP contribution in [0.25, 0.3) is 16.9 Å². The highest BCUT2D eigenvalue weighted by molar-refractivity contribution is 9.10. The average molecular weight is 349 g/mol. The van der Waals surface area contributed by atoms with E-state index in [9.17, 15) is 9.90 Å². The van der Waals surface area contributed by atoms with Crippen LogP contribution in [-0.2, 0) is 0 Å². The minimum absolute atomic E-state index is 0.198. The van der Waals surface area contributed by atoms with Gasteiger partial charge in [-0.1, -0.05) is 22.0 Å². The highest BCUT2D eigenvalue weighted by Gasteiger charge is 2.18. The van der Waals surface area contributed by atoms with E-state index in [1.165, 1.54) is 17.5 Å². The van der Waals surface area contributed by atoms with Crippen LogP contribution in [0.1, 0.15) is 10.4 Å². The molecule has 0 aliphatic carbocycles. The monoisotopic (exact) mass is 348 g/mol. The van der Waals surface area contributed by atoms with Gasteiger partial charge in [-0.05, 0) is 29.6 Å². The molecule has 0 spiro atoms. The fourth-order valence-electron chi connectivity index (χ4n) is 1.89. The Bertz CT molecular complexity index is 765. The number of benzene rings is 1. The van der Waals surface area contributed by atoms with E-state index in [0.29, 0.717) is 5.69 Å². The first-order valence-electron chi connectivity index (χ1n) is 5.76. The minimum Gasteiger partial charge on any atom is -0.478 e. The fraction of sp³-hybridized carbons (Fsp3) is 0. The van der Waals surface area contributed by atoms with Crippen LogP contribution in [-0.4, -0.2) is 20.9 Å². The normalized spacial score (nSPS) is 10.7. The number of rotatable bonds is 3. The van der Waals surface area contributed by atoms with Gasteiger partial charge in [-0.25, -0.2) is 9.48 Å². The average Bonchev–Trinajstić information content (AvgIpc) is 3.08. The Morgan fingerprint density at radius 1 is 1.35 bits per heavy atom. The maximum absolute atomic E-state index is 11.4. The van der Waals surface area contributed by atoms with Crippen molar-refractivity contribution in [2.75, 3.05) is 0 Å². The zero-order valence-electron chi connectivity index (χ0n) is 10.2. The Kier molecular flexibility index (Phi) is 3.42. The molecule has 0 bridgehead atoms. The molecule has 0 saturated heterocycles. The molecule has 3 rings (SSSR count). The van der Waals surface area contributed by atoms with Crippen LogP contribution in [0, 0.1) is 0 Å². The predicted octanol–water partition coefficient (Wildman–Crippen LogP) is 4.06. The molecule has 0 amide bonds. The Morgan fingerprint density at radius 2 is 2.20 bits per heavy atom. The molecule has 4 nitrogen and oxygen atoms in total. The molecular formula is C14H9BrN2O2S.